The molecule has 0 unspecified atom stereocenters. The zero-order valence-electron chi connectivity index (χ0n) is 14.2. The van der Waals surface area contributed by atoms with Gasteiger partial charge in [0.25, 0.3) is 0 Å². The van der Waals surface area contributed by atoms with Gasteiger partial charge in [-0.2, -0.15) is 0 Å². The number of halogens is 1. The molecule has 0 bridgehead atoms. The highest BCUT2D eigenvalue weighted by atomic mass is 35.5. The molecular formula is C17H27ClN4O2. The van der Waals surface area contributed by atoms with Crippen molar-refractivity contribution in [3.8, 4) is 0 Å². The summed E-state index contributed by atoms with van der Waals surface area (Å²) in [4.78, 5) is 25.5. The third-order valence-electron chi connectivity index (χ3n) is 3.96. The summed E-state index contributed by atoms with van der Waals surface area (Å²) >= 11 is 0. The van der Waals surface area contributed by atoms with Crippen LogP contribution in [0.4, 0.5) is 4.79 Å². The minimum atomic E-state index is -0.438. The van der Waals surface area contributed by atoms with Crippen LogP contribution in [0.3, 0.4) is 0 Å². The summed E-state index contributed by atoms with van der Waals surface area (Å²) in [5, 5.41) is 5.03. The number of carbonyl (C=O) groups excluding carboxylic acids is 2. The Balaban J connectivity index is 0.00000288. The Morgan fingerprint density at radius 2 is 1.92 bits per heavy atom. The van der Waals surface area contributed by atoms with E-state index in [0.717, 1.165) is 6.54 Å². The summed E-state index contributed by atoms with van der Waals surface area (Å²) in [6.45, 7) is 6.11. The minimum absolute atomic E-state index is 0. The highest BCUT2D eigenvalue weighted by Gasteiger charge is 2.32. The van der Waals surface area contributed by atoms with Gasteiger partial charge in [0, 0.05) is 31.6 Å². The molecule has 0 aromatic heterocycles. The zero-order valence-corrected chi connectivity index (χ0v) is 15.0. The summed E-state index contributed by atoms with van der Waals surface area (Å²) in [7, 11) is 0. The van der Waals surface area contributed by atoms with Crippen molar-refractivity contribution in [2.45, 2.75) is 25.8 Å². The summed E-state index contributed by atoms with van der Waals surface area (Å²) in [5.74, 6) is 0.269. The van der Waals surface area contributed by atoms with Crippen molar-refractivity contribution in [3.05, 3.63) is 35.9 Å². The first-order chi connectivity index (χ1) is 11.0. The summed E-state index contributed by atoms with van der Waals surface area (Å²) < 4.78 is 0. The molecule has 1 heterocycles. The van der Waals surface area contributed by atoms with Gasteiger partial charge in [-0.15, -0.1) is 12.4 Å². The largest absolute Gasteiger partial charge is 0.338 e. The van der Waals surface area contributed by atoms with Crippen LogP contribution in [0, 0.1) is 5.92 Å². The lowest BCUT2D eigenvalue weighted by molar-refractivity contribution is -0.120. The molecule has 4 N–H and O–H groups in total. The van der Waals surface area contributed by atoms with E-state index in [-0.39, 0.29) is 36.8 Å². The fourth-order valence-corrected chi connectivity index (χ4v) is 2.81. The molecular weight excluding hydrogens is 328 g/mol. The number of carbonyl (C=O) groups is 2. The molecule has 1 aromatic rings. The van der Waals surface area contributed by atoms with E-state index in [1.807, 2.05) is 36.9 Å². The molecule has 1 aliphatic heterocycles. The lowest BCUT2D eigenvalue weighted by Crippen LogP contribution is -2.45. The van der Waals surface area contributed by atoms with Gasteiger partial charge >= 0.3 is 6.03 Å². The van der Waals surface area contributed by atoms with Gasteiger partial charge in [-0.25, -0.2) is 4.79 Å². The number of urea groups is 1. The predicted molar refractivity (Wildman–Crippen MR) is 97.2 cm³/mol. The Kier molecular flexibility index (Phi) is 8.18. The van der Waals surface area contributed by atoms with Crippen molar-refractivity contribution >= 4 is 24.3 Å². The number of rotatable bonds is 5. The van der Waals surface area contributed by atoms with Crippen LogP contribution in [0.15, 0.2) is 30.3 Å². The average molecular weight is 355 g/mol. The van der Waals surface area contributed by atoms with Crippen LogP contribution in [0.5, 0.6) is 0 Å². The van der Waals surface area contributed by atoms with Crippen molar-refractivity contribution < 1.29 is 9.59 Å². The first kappa shape index (κ1) is 20.4. The first-order valence-electron chi connectivity index (χ1n) is 8.06. The standard InChI is InChI=1S/C17H26N4O2.ClH/c1-12(2)8-19-17(23)20-16(22)11-21-9-14(15(18)10-21)13-6-4-3-5-7-13;/h3-7,12,14-15H,8-11,18H2,1-2H3,(H2,19,20,22,23);1H/t14-,15+;/m0./s1. The molecule has 1 aliphatic rings. The van der Waals surface area contributed by atoms with Crippen molar-refractivity contribution in [1.82, 2.24) is 15.5 Å². The molecule has 134 valence electrons. The number of likely N-dealkylation sites (tertiary alicyclic amines) is 1. The van der Waals surface area contributed by atoms with E-state index in [1.165, 1.54) is 5.56 Å². The van der Waals surface area contributed by atoms with Crippen LogP contribution in [0.1, 0.15) is 25.3 Å². The maximum absolute atomic E-state index is 11.9. The molecule has 0 aliphatic carbocycles. The van der Waals surface area contributed by atoms with E-state index in [4.69, 9.17) is 5.73 Å². The Morgan fingerprint density at radius 1 is 1.25 bits per heavy atom. The second-order valence-electron chi connectivity index (χ2n) is 6.53. The van der Waals surface area contributed by atoms with E-state index >= 15 is 0 Å². The van der Waals surface area contributed by atoms with E-state index in [1.54, 1.807) is 0 Å². The summed E-state index contributed by atoms with van der Waals surface area (Å²) in [5.41, 5.74) is 7.40. The van der Waals surface area contributed by atoms with Gasteiger partial charge in [-0.05, 0) is 11.5 Å². The van der Waals surface area contributed by atoms with Crippen molar-refractivity contribution in [2.24, 2.45) is 11.7 Å². The molecule has 0 radical (unpaired) electrons. The number of hydrogen-bond donors (Lipinski definition) is 3. The number of nitrogens with zero attached hydrogens (tertiary/aromatic N) is 1. The Morgan fingerprint density at radius 3 is 2.54 bits per heavy atom. The van der Waals surface area contributed by atoms with Gasteiger partial charge in [-0.3, -0.25) is 15.0 Å². The predicted octanol–water partition coefficient (Wildman–Crippen LogP) is 1.32. The Bertz CT molecular complexity index is 539. The normalized spacial score (nSPS) is 20.5. The van der Waals surface area contributed by atoms with Gasteiger partial charge < -0.3 is 11.1 Å². The highest BCUT2D eigenvalue weighted by Crippen LogP contribution is 2.25. The van der Waals surface area contributed by atoms with E-state index < -0.39 is 6.03 Å². The zero-order chi connectivity index (χ0) is 16.8. The topological polar surface area (TPSA) is 87.5 Å². The van der Waals surface area contributed by atoms with E-state index in [0.29, 0.717) is 19.0 Å². The number of nitrogens with one attached hydrogen (secondary N) is 2. The maximum Gasteiger partial charge on any atom is 0.321 e. The Labute approximate surface area is 149 Å². The number of nitrogens with two attached hydrogens (primary N) is 1. The highest BCUT2D eigenvalue weighted by molar-refractivity contribution is 5.95. The fraction of sp³-hybridized carbons (Fsp3) is 0.529. The summed E-state index contributed by atoms with van der Waals surface area (Å²) in [6, 6.07) is 9.66. The monoisotopic (exact) mass is 354 g/mol. The second kappa shape index (κ2) is 9.61. The second-order valence-corrected chi connectivity index (χ2v) is 6.53. The number of hydrogen-bond acceptors (Lipinski definition) is 4. The lowest BCUT2D eigenvalue weighted by atomic mass is 9.95. The van der Waals surface area contributed by atoms with Crippen LogP contribution >= 0.6 is 12.4 Å². The number of amides is 3. The van der Waals surface area contributed by atoms with Gasteiger partial charge in [0.05, 0.1) is 6.54 Å². The molecule has 3 amide bonds. The van der Waals surface area contributed by atoms with Gasteiger partial charge in [0.1, 0.15) is 0 Å². The minimum Gasteiger partial charge on any atom is -0.338 e. The molecule has 2 rings (SSSR count). The molecule has 0 spiro atoms. The van der Waals surface area contributed by atoms with Crippen molar-refractivity contribution in [2.75, 3.05) is 26.2 Å². The van der Waals surface area contributed by atoms with Crippen LogP contribution < -0.4 is 16.4 Å². The van der Waals surface area contributed by atoms with Crippen LogP contribution in [-0.4, -0.2) is 49.1 Å². The third kappa shape index (κ3) is 6.11. The molecule has 1 aromatic carbocycles. The van der Waals surface area contributed by atoms with Gasteiger partial charge in [0.2, 0.25) is 5.91 Å². The van der Waals surface area contributed by atoms with Crippen LogP contribution in [0.25, 0.3) is 0 Å². The van der Waals surface area contributed by atoms with Crippen molar-refractivity contribution in [1.29, 1.82) is 0 Å². The van der Waals surface area contributed by atoms with E-state index in [9.17, 15) is 9.59 Å². The molecule has 2 atom stereocenters. The first-order valence-corrected chi connectivity index (χ1v) is 8.06. The quantitative estimate of drug-likeness (QED) is 0.744. The van der Waals surface area contributed by atoms with Crippen LogP contribution in [-0.2, 0) is 4.79 Å². The third-order valence-corrected chi connectivity index (χ3v) is 3.96. The average Bonchev–Trinajstić information content (AvgIpc) is 2.86. The van der Waals surface area contributed by atoms with Crippen molar-refractivity contribution in [3.63, 3.8) is 0 Å². The van der Waals surface area contributed by atoms with Gasteiger partial charge in [0.15, 0.2) is 0 Å². The smallest absolute Gasteiger partial charge is 0.321 e. The van der Waals surface area contributed by atoms with Crippen LogP contribution in [0.2, 0.25) is 0 Å². The number of benzene rings is 1. The summed E-state index contributed by atoms with van der Waals surface area (Å²) in [6.07, 6.45) is 0. The number of imide groups is 1. The molecule has 6 nitrogen and oxygen atoms in total. The van der Waals surface area contributed by atoms with Gasteiger partial charge in [-0.1, -0.05) is 44.2 Å². The fourth-order valence-electron chi connectivity index (χ4n) is 2.81. The maximum atomic E-state index is 11.9. The lowest BCUT2D eigenvalue weighted by Gasteiger charge is -2.16. The molecule has 0 saturated carbocycles. The molecule has 7 heteroatoms. The SMILES string of the molecule is CC(C)CNC(=O)NC(=O)CN1C[C@@H](N)[C@H](c2ccccc2)C1.Cl. The Hall–Kier alpha value is -1.63. The molecule has 24 heavy (non-hydrogen) atoms. The molecule has 1 saturated heterocycles. The molecule has 1 fully saturated rings. The van der Waals surface area contributed by atoms with E-state index in [2.05, 4.69) is 22.8 Å².